The molecule has 1 fully saturated rings. The zero-order valence-electron chi connectivity index (χ0n) is 13.0. The molecule has 0 radical (unpaired) electrons. The number of nitro groups is 1. The van der Waals surface area contributed by atoms with Crippen LogP contribution >= 0.6 is 0 Å². The van der Waals surface area contributed by atoms with Crippen molar-refractivity contribution in [2.24, 2.45) is 0 Å². The topological polar surface area (TPSA) is 66.6 Å². The molecule has 1 aromatic carbocycles. The number of benzene rings is 1. The van der Waals surface area contributed by atoms with Crippen molar-refractivity contribution in [3.8, 4) is 0 Å². The summed E-state index contributed by atoms with van der Waals surface area (Å²) in [6.07, 6.45) is 3.85. The molecule has 1 aliphatic rings. The molecule has 1 aliphatic carbocycles. The van der Waals surface area contributed by atoms with Crippen LogP contribution in [-0.4, -0.2) is 34.1 Å². The molecule has 5 nitrogen and oxygen atoms in total. The van der Waals surface area contributed by atoms with Crippen molar-refractivity contribution in [1.82, 2.24) is 4.90 Å². The SMILES string of the molecule is Cc1ccc([N+](=O)[O-])cc1C(C)N(C)CC1(O)CCCC1. The number of likely N-dealkylation sites (N-methyl/N-ethyl adjacent to an activating group) is 1. The summed E-state index contributed by atoms with van der Waals surface area (Å²) in [4.78, 5) is 12.7. The molecule has 0 spiro atoms. The lowest BCUT2D eigenvalue weighted by molar-refractivity contribution is -0.385. The highest BCUT2D eigenvalue weighted by Gasteiger charge is 2.33. The largest absolute Gasteiger partial charge is 0.389 e. The molecule has 1 unspecified atom stereocenters. The van der Waals surface area contributed by atoms with E-state index in [1.54, 1.807) is 12.1 Å². The van der Waals surface area contributed by atoms with Gasteiger partial charge in [-0.05, 0) is 44.9 Å². The van der Waals surface area contributed by atoms with Gasteiger partial charge in [-0.3, -0.25) is 15.0 Å². The molecule has 0 aromatic heterocycles. The number of hydrogen-bond donors (Lipinski definition) is 1. The van der Waals surface area contributed by atoms with Crippen LogP contribution in [0.25, 0.3) is 0 Å². The fraction of sp³-hybridized carbons (Fsp3) is 0.625. The minimum atomic E-state index is -0.600. The summed E-state index contributed by atoms with van der Waals surface area (Å²) in [5.41, 5.74) is 1.51. The van der Waals surface area contributed by atoms with Crippen LogP contribution in [0.5, 0.6) is 0 Å². The second-order valence-corrected chi connectivity index (χ2v) is 6.32. The first-order valence-corrected chi connectivity index (χ1v) is 7.50. The molecule has 21 heavy (non-hydrogen) atoms. The molecule has 2 rings (SSSR count). The van der Waals surface area contributed by atoms with Crippen LogP contribution in [0, 0.1) is 17.0 Å². The summed E-state index contributed by atoms with van der Waals surface area (Å²) in [5.74, 6) is 0. The van der Waals surface area contributed by atoms with Gasteiger partial charge < -0.3 is 5.11 Å². The Bertz CT molecular complexity index is 524. The molecular weight excluding hydrogens is 268 g/mol. The van der Waals surface area contributed by atoms with Gasteiger partial charge in [0.2, 0.25) is 0 Å². The first-order valence-electron chi connectivity index (χ1n) is 7.50. The van der Waals surface area contributed by atoms with Gasteiger partial charge in [0.25, 0.3) is 5.69 Å². The Morgan fingerprint density at radius 2 is 2.05 bits per heavy atom. The first-order chi connectivity index (χ1) is 9.82. The van der Waals surface area contributed by atoms with E-state index in [0.717, 1.165) is 36.8 Å². The molecule has 5 heteroatoms. The second kappa shape index (κ2) is 6.12. The highest BCUT2D eigenvalue weighted by molar-refractivity contribution is 5.40. The average molecular weight is 292 g/mol. The Morgan fingerprint density at radius 3 is 2.62 bits per heavy atom. The Balaban J connectivity index is 2.16. The molecule has 1 aromatic rings. The van der Waals surface area contributed by atoms with Gasteiger partial charge in [0.05, 0.1) is 10.5 Å². The normalized spacial score (nSPS) is 18.9. The van der Waals surface area contributed by atoms with E-state index in [-0.39, 0.29) is 16.7 Å². The van der Waals surface area contributed by atoms with E-state index >= 15 is 0 Å². The minimum absolute atomic E-state index is 0.0366. The lowest BCUT2D eigenvalue weighted by Gasteiger charge is -2.33. The van der Waals surface area contributed by atoms with Crippen LogP contribution in [0.3, 0.4) is 0 Å². The number of non-ortho nitro benzene ring substituents is 1. The molecule has 0 amide bonds. The maximum atomic E-state index is 10.9. The van der Waals surface area contributed by atoms with Crippen molar-refractivity contribution in [1.29, 1.82) is 0 Å². The van der Waals surface area contributed by atoms with Crippen LogP contribution < -0.4 is 0 Å². The molecular formula is C16H24N2O3. The summed E-state index contributed by atoms with van der Waals surface area (Å²) < 4.78 is 0. The molecule has 0 bridgehead atoms. The third-order valence-electron chi connectivity index (χ3n) is 4.66. The third-order valence-corrected chi connectivity index (χ3v) is 4.66. The van der Waals surface area contributed by atoms with E-state index in [2.05, 4.69) is 4.90 Å². The lowest BCUT2D eigenvalue weighted by Crippen LogP contribution is -2.40. The maximum absolute atomic E-state index is 10.9. The van der Waals surface area contributed by atoms with E-state index in [0.29, 0.717) is 6.54 Å². The monoisotopic (exact) mass is 292 g/mol. The number of aliphatic hydroxyl groups is 1. The number of nitro benzene ring substituents is 1. The summed E-state index contributed by atoms with van der Waals surface area (Å²) in [6.45, 7) is 4.61. The van der Waals surface area contributed by atoms with Crippen molar-refractivity contribution in [2.75, 3.05) is 13.6 Å². The fourth-order valence-electron chi connectivity index (χ4n) is 3.22. The smallest absolute Gasteiger partial charge is 0.269 e. The first kappa shape index (κ1) is 15.9. The predicted octanol–water partition coefficient (Wildman–Crippen LogP) is 3.20. The third kappa shape index (κ3) is 3.60. The van der Waals surface area contributed by atoms with E-state index in [1.807, 2.05) is 20.9 Å². The second-order valence-electron chi connectivity index (χ2n) is 6.32. The highest BCUT2D eigenvalue weighted by atomic mass is 16.6. The van der Waals surface area contributed by atoms with E-state index < -0.39 is 5.60 Å². The van der Waals surface area contributed by atoms with Crippen LogP contribution in [0.1, 0.15) is 49.8 Å². The van der Waals surface area contributed by atoms with E-state index in [4.69, 9.17) is 0 Å². The van der Waals surface area contributed by atoms with Crippen LogP contribution in [0.2, 0.25) is 0 Å². The van der Waals surface area contributed by atoms with Gasteiger partial charge in [-0.25, -0.2) is 0 Å². The molecule has 0 saturated heterocycles. The van der Waals surface area contributed by atoms with Crippen molar-refractivity contribution in [3.63, 3.8) is 0 Å². The number of hydrogen-bond acceptors (Lipinski definition) is 4. The van der Waals surface area contributed by atoms with Crippen LogP contribution in [-0.2, 0) is 0 Å². The van der Waals surface area contributed by atoms with Crippen molar-refractivity contribution < 1.29 is 10.0 Å². The Morgan fingerprint density at radius 1 is 1.43 bits per heavy atom. The average Bonchev–Trinajstić information content (AvgIpc) is 2.84. The molecule has 0 heterocycles. The molecule has 1 N–H and O–H groups in total. The molecule has 1 atom stereocenters. The zero-order chi connectivity index (χ0) is 15.6. The Labute approximate surface area is 125 Å². The van der Waals surface area contributed by atoms with Crippen LogP contribution in [0.15, 0.2) is 18.2 Å². The van der Waals surface area contributed by atoms with Gasteiger partial charge in [-0.15, -0.1) is 0 Å². The highest BCUT2D eigenvalue weighted by Crippen LogP contribution is 2.33. The van der Waals surface area contributed by atoms with Gasteiger partial charge in [0.1, 0.15) is 0 Å². The lowest BCUT2D eigenvalue weighted by atomic mass is 9.97. The predicted molar refractivity (Wildman–Crippen MR) is 82.3 cm³/mol. The van der Waals surface area contributed by atoms with Crippen molar-refractivity contribution in [2.45, 2.75) is 51.2 Å². The maximum Gasteiger partial charge on any atom is 0.269 e. The fourth-order valence-corrected chi connectivity index (χ4v) is 3.22. The standard InChI is InChI=1S/C16H24N2O3/c1-12-6-7-14(18(20)21)10-15(12)13(2)17(3)11-16(19)8-4-5-9-16/h6-7,10,13,19H,4-5,8-9,11H2,1-3H3. The molecule has 116 valence electrons. The van der Waals surface area contributed by atoms with Crippen LogP contribution in [0.4, 0.5) is 5.69 Å². The zero-order valence-corrected chi connectivity index (χ0v) is 13.0. The molecule has 1 saturated carbocycles. The van der Waals surface area contributed by atoms with E-state index in [9.17, 15) is 15.2 Å². The van der Waals surface area contributed by atoms with Crippen molar-refractivity contribution in [3.05, 3.63) is 39.4 Å². The Hall–Kier alpha value is -1.46. The number of rotatable bonds is 5. The van der Waals surface area contributed by atoms with Gasteiger partial charge in [0.15, 0.2) is 0 Å². The minimum Gasteiger partial charge on any atom is -0.389 e. The summed E-state index contributed by atoms with van der Waals surface area (Å²) in [5, 5.41) is 21.5. The van der Waals surface area contributed by atoms with Gasteiger partial charge in [-0.2, -0.15) is 0 Å². The number of aryl methyl sites for hydroxylation is 1. The van der Waals surface area contributed by atoms with Gasteiger partial charge in [0, 0.05) is 24.7 Å². The van der Waals surface area contributed by atoms with E-state index in [1.165, 1.54) is 6.07 Å². The molecule has 0 aliphatic heterocycles. The van der Waals surface area contributed by atoms with Gasteiger partial charge >= 0.3 is 0 Å². The quantitative estimate of drug-likeness (QED) is 0.668. The van der Waals surface area contributed by atoms with Crippen molar-refractivity contribution >= 4 is 5.69 Å². The summed E-state index contributed by atoms with van der Waals surface area (Å²) in [7, 11) is 1.97. The summed E-state index contributed by atoms with van der Waals surface area (Å²) >= 11 is 0. The number of nitrogens with zero attached hydrogens (tertiary/aromatic N) is 2. The van der Waals surface area contributed by atoms with Gasteiger partial charge in [-0.1, -0.05) is 18.9 Å². The summed E-state index contributed by atoms with van der Waals surface area (Å²) in [6, 6.07) is 5.02. The Kier molecular flexibility index (Phi) is 4.64.